The number of benzene rings is 3. The summed E-state index contributed by atoms with van der Waals surface area (Å²) in [5.74, 6) is 1.30. The molecule has 1 saturated heterocycles. The second kappa shape index (κ2) is 11.0. The monoisotopic (exact) mass is 532 g/mol. The van der Waals surface area contributed by atoms with Gasteiger partial charge in [0.2, 0.25) is 0 Å². The van der Waals surface area contributed by atoms with E-state index in [4.69, 9.17) is 32.8 Å². The number of hydrogen-bond donors (Lipinski definition) is 0. The van der Waals surface area contributed by atoms with Gasteiger partial charge < -0.3 is 32.8 Å². The molecule has 1 fully saturated rings. The highest BCUT2D eigenvalue weighted by atomic mass is 16.7. The van der Waals surface area contributed by atoms with Gasteiger partial charge in [0, 0.05) is 21.9 Å². The SMILES string of the molecule is COC(=O)c1c(-c2ccc(OCc3ccccc3)c(OC)c2)oc2c(OC)cc(C3OCC(C)(C)CO3)cc12. The fourth-order valence-electron chi connectivity index (χ4n) is 4.53. The Bertz CT molecular complexity index is 1460. The van der Waals surface area contributed by atoms with Crippen LogP contribution >= 0.6 is 0 Å². The van der Waals surface area contributed by atoms with E-state index in [0.717, 1.165) is 11.1 Å². The van der Waals surface area contributed by atoms with Crippen molar-refractivity contribution < 1.29 is 37.6 Å². The van der Waals surface area contributed by atoms with Crippen molar-refractivity contribution >= 4 is 16.9 Å². The van der Waals surface area contributed by atoms with Gasteiger partial charge in [0.25, 0.3) is 0 Å². The molecule has 0 bridgehead atoms. The van der Waals surface area contributed by atoms with Gasteiger partial charge >= 0.3 is 5.97 Å². The minimum atomic E-state index is -0.596. The van der Waals surface area contributed by atoms with Gasteiger partial charge in [-0.1, -0.05) is 44.2 Å². The van der Waals surface area contributed by atoms with Gasteiger partial charge in [-0.2, -0.15) is 0 Å². The molecule has 3 aromatic carbocycles. The molecule has 8 nitrogen and oxygen atoms in total. The Morgan fingerprint density at radius 2 is 1.62 bits per heavy atom. The van der Waals surface area contributed by atoms with Crippen molar-refractivity contribution in [1.29, 1.82) is 0 Å². The normalized spacial score (nSPS) is 15.2. The maximum Gasteiger partial charge on any atom is 0.342 e. The highest BCUT2D eigenvalue weighted by molar-refractivity contribution is 6.10. The highest BCUT2D eigenvalue weighted by Gasteiger charge is 2.32. The number of esters is 1. The van der Waals surface area contributed by atoms with Crippen LogP contribution in [0.5, 0.6) is 17.2 Å². The molecule has 1 aromatic heterocycles. The van der Waals surface area contributed by atoms with E-state index >= 15 is 0 Å². The lowest BCUT2D eigenvalue weighted by molar-refractivity contribution is -0.226. The largest absolute Gasteiger partial charge is 0.493 e. The first-order valence-corrected chi connectivity index (χ1v) is 12.6. The number of methoxy groups -OCH3 is 3. The molecule has 0 radical (unpaired) electrons. The minimum Gasteiger partial charge on any atom is -0.493 e. The maximum atomic E-state index is 13.1. The maximum absolute atomic E-state index is 13.1. The molecule has 8 heteroatoms. The lowest BCUT2D eigenvalue weighted by atomic mass is 9.95. The summed E-state index contributed by atoms with van der Waals surface area (Å²) in [5, 5.41) is 0.534. The average molecular weight is 533 g/mol. The average Bonchev–Trinajstić information content (AvgIpc) is 3.35. The Morgan fingerprint density at radius 3 is 2.28 bits per heavy atom. The van der Waals surface area contributed by atoms with Gasteiger partial charge in [-0.15, -0.1) is 0 Å². The van der Waals surface area contributed by atoms with E-state index in [2.05, 4.69) is 13.8 Å². The van der Waals surface area contributed by atoms with E-state index in [1.54, 1.807) is 32.4 Å². The van der Waals surface area contributed by atoms with E-state index in [-0.39, 0.29) is 11.0 Å². The van der Waals surface area contributed by atoms with E-state index in [9.17, 15) is 4.79 Å². The molecule has 0 aliphatic carbocycles. The molecule has 0 N–H and O–H groups in total. The van der Waals surface area contributed by atoms with E-state index in [1.165, 1.54) is 7.11 Å². The molecular weight excluding hydrogens is 500 g/mol. The predicted octanol–water partition coefficient (Wildman–Crippen LogP) is 6.55. The second-order valence-electron chi connectivity index (χ2n) is 10.2. The summed E-state index contributed by atoms with van der Waals surface area (Å²) in [6, 6.07) is 18.9. The van der Waals surface area contributed by atoms with Crippen molar-refractivity contribution in [2.75, 3.05) is 34.5 Å². The summed E-state index contributed by atoms with van der Waals surface area (Å²) in [6.07, 6.45) is -0.596. The molecule has 4 aromatic rings. The van der Waals surface area contributed by atoms with Crippen LogP contribution in [0.15, 0.2) is 65.1 Å². The first-order valence-electron chi connectivity index (χ1n) is 12.6. The molecule has 0 amide bonds. The summed E-state index contributed by atoms with van der Waals surface area (Å²) in [4.78, 5) is 13.1. The Labute approximate surface area is 227 Å². The molecule has 204 valence electrons. The molecule has 39 heavy (non-hydrogen) atoms. The third-order valence-electron chi connectivity index (χ3n) is 6.57. The fourth-order valence-corrected chi connectivity index (χ4v) is 4.53. The van der Waals surface area contributed by atoms with Crippen LogP contribution in [0.4, 0.5) is 0 Å². The Kier molecular flexibility index (Phi) is 7.50. The summed E-state index contributed by atoms with van der Waals surface area (Å²) >= 11 is 0. The van der Waals surface area contributed by atoms with Gasteiger partial charge in [-0.25, -0.2) is 4.79 Å². The number of carbonyl (C=O) groups is 1. The Balaban J connectivity index is 1.56. The van der Waals surface area contributed by atoms with Crippen LogP contribution in [0.2, 0.25) is 0 Å². The van der Waals surface area contributed by atoms with E-state index in [1.807, 2.05) is 42.5 Å². The van der Waals surface area contributed by atoms with Crippen LogP contribution in [0, 0.1) is 5.41 Å². The van der Waals surface area contributed by atoms with Crippen LogP contribution in [-0.2, 0) is 20.8 Å². The molecule has 0 unspecified atom stereocenters. The van der Waals surface area contributed by atoms with Crippen molar-refractivity contribution in [3.05, 3.63) is 77.4 Å². The molecule has 1 aliphatic rings. The number of rotatable bonds is 8. The molecule has 0 atom stereocenters. The van der Waals surface area contributed by atoms with Crippen molar-refractivity contribution in [2.24, 2.45) is 5.41 Å². The van der Waals surface area contributed by atoms with Gasteiger partial charge in [0.05, 0.1) is 34.5 Å². The highest BCUT2D eigenvalue weighted by Crippen LogP contribution is 2.43. The van der Waals surface area contributed by atoms with Crippen molar-refractivity contribution in [3.8, 4) is 28.6 Å². The molecule has 0 spiro atoms. The van der Waals surface area contributed by atoms with Crippen LogP contribution in [0.1, 0.15) is 41.6 Å². The fraction of sp³-hybridized carbons (Fsp3) is 0.323. The lowest BCUT2D eigenvalue weighted by Gasteiger charge is -2.34. The van der Waals surface area contributed by atoms with Crippen LogP contribution in [0.25, 0.3) is 22.3 Å². The first kappa shape index (κ1) is 26.6. The smallest absolute Gasteiger partial charge is 0.342 e. The van der Waals surface area contributed by atoms with E-state index in [0.29, 0.717) is 59.4 Å². The van der Waals surface area contributed by atoms with Crippen molar-refractivity contribution in [1.82, 2.24) is 0 Å². The quantitative estimate of drug-likeness (QED) is 0.236. The first-order chi connectivity index (χ1) is 18.8. The van der Waals surface area contributed by atoms with Crippen molar-refractivity contribution in [2.45, 2.75) is 26.7 Å². The van der Waals surface area contributed by atoms with Crippen LogP contribution < -0.4 is 14.2 Å². The van der Waals surface area contributed by atoms with Gasteiger partial charge in [-0.3, -0.25) is 0 Å². The standard InChI is InChI=1S/C31H32O8/c1-31(2)17-37-30(38-18-31)21-13-22-26(29(32)35-5)27(39-28(22)25(15-21)34-4)20-11-12-23(24(14-20)33-3)36-16-19-9-7-6-8-10-19/h6-15,30H,16-18H2,1-5H3. The van der Waals surface area contributed by atoms with Crippen LogP contribution in [-0.4, -0.2) is 40.5 Å². The minimum absolute atomic E-state index is 0.0826. The van der Waals surface area contributed by atoms with E-state index < -0.39 is 12.3 Å². The number of ether oxygens (including phenoxy) is 6. The number of hydrogen-bond acceptors (Lipinski definition) is 8. The van der Waals surface area contributed by atoms with Gasteiger partial charge in [0.15, 0.2) is 29.1 Å². The molecule has 1 aliphatic heterocycles. The van der Waals surface area contributed by atoms with Crippen LogP contribution in [0.3, 0.4) is 0 Å². The van der Waals surface area contributed by atoms with Crippen molar-refractivity contribution in [3.63, 3.8) is 0 Å². The summed E-state index contributed by atoms with van der Waals surface area (Å²) < 4.78 is 40.7. The zero-order valence-electron chi connectivity index (χ0n) is 22.7. The Hall–Kier alpha value is -4.01. The number of fused-ring (bicyclic) bond motifs is 1. The third kappa shape index (κ3) is 5.44. The lowest BCUT2D eigenvalue weighted by Crippen LogP contribution is -2.33. The third-order valence-corrected chi connectivity index (χ3v) is 6.57. The topological polar surface area (TPSA) is 85.6 Å². The summed E-state index contributed by atoms with van der Waals surface area (Å²) in [6.45, 7) is 5.62. The molecular formula is C31H32O8. The molecule has 0 saturated carbocycles. The molecule has 5 rings (SSSR count). The zero-order chi connectivity index (χ0) is 27.6. The summed E-state index contributed by atoms with van der Waals surface area (Å²) in [5.41, 5.74) is 2.97. The van der Waals surface area contributed by atoms with Gasteiger partial charge in [-0.05, 0) is 35.9 Å². The van der Waals surface area contributed by atoms with Gasteiger partial charge in [0.1, 0.15) is 17.9 Å². The summed E-state index contributed by atoms with van der Waals surface area (Å²) in [7, 11) is 4.45. The number of furan rings is 1. The predicted molar refractivity (Wildman–Crippen MR) is 145 cm³/mol. The molecule has 2 heterocycles. The number of carbonyl (C=O) groups excluding carboxylic acids is 1. The Morgan fingerprint density at radius 1 is 0.897 bits per heavy atom. The zero-order valence-corrected chi connectivity index (χ0v) is 22.7. The second-order valence-corrected chi connectivity index (χ2v) is 10.2.